The van der Waals surface area contributed by atoms with E-state index >= 15 is 0 Å². The Labute approximate surface area is 121 Å². The van der Waals surface area contributed by atoms with Crippen LogP contribution < -0.4 is 0 Å². The van der Waals surface area contributed by atoms with E-state index in [2.05, 4.69) is 77.0 Å². The van der Waals surface area contributed by atoms with Gasteiger partial charge in [-0.05, 0) is 26.9 Å². The standard InChI is InChI=1S/C15H16BrN3/c1-15(2,3)11-6-4-10(5-7-11)14-18-12(8-9-17)13(16)19-14/h4-7H,8H2,1-3H3,(H,18,19). The first-order chi connectivity index (χ1) is 8.91. The van der Waals surface area contributed by atoms with Gasteiger partial charge in [-0.2, -0.15) is 5.26 Å². The molecule has 1 N–H and O–H groups in total. The van der Waals surface area contributed by atoms with Crippen molar-refractivity contribution in [3.63, 3.8) is 0 Å². The number of aromatic amines is 1. The third kappa shape index (κ3) is 3.05. The fraction of sp³-hybridized carbons (Fsp3) is 0.333. The average Bonchev–Trinajstić information content (AvgIpc) is 2.71. The van der Waals surface area contributed by atoms with Crippen LogP contribution in [-0.2, 0) is 11.8 Å². The molecule has 19 heavy (non-hydrogen) atoms. The maximum absolute atomic E-state index is 8.73. The van der Waals surface area contributed by atoms with Gasteiger partial charge in [-0.25, -0.2) is 4.98 Å². The summed E-state index contributed by atoms with van der Waals surface area (Å²) in [7, 11) is 0. The Kier molecular flexibility index (Phi) is 3.77. The lowest BCUT2D eigenvalue weighted by Gasteiger charge is -2.18. The van der Waals surface area contributed by atoms with Crippen LogP contribution in [0.5, 0.6) is 0 Å². The van der Waals surface area contributed by atoms with Crippen molar-refractivity contribution in [3.05, 3.63) is 40.1 Å². The highest BCUT2D eigenvalue weighted by Crippen LogP contribution is 2.26. The Hall–Kier alpha value is -1.60. The first kappa shape index (κ1) is 13.8. The van der Waals surface area contributed by atoms with Gasteiger partial charge in [-0.1, -0.05) is 45.0 Å². The number of imidazole rings is 1. The summed E-state index contributed by atoms with van der Waals surface area (Å²) in [5, 5.41) is 8.73. The van der Waals surface area contributed by atoms with Crippen molar-refractivity contribution in [2.24, 2.45) is 0 Å². The molecule has 0 saturated carbocycles. The highest BCUT2D eigenvalue weighted by molar-refractivity contribution is 9.10. The minimum Gasteiger partial charge on any atom is -0.340 e. The number of nitrogens with zero attached hydrogens (tertiary/aromatic N) is 2. The molecule has 0 aliphatic heterocycles. The Bertz CT molecular complexity index is 612. The average molecular weight is 318 g/mol. The molecule has 0 spiro atoms. The van der Waals surface area contributed by atoms with Crippen LogP contribution in [0.1, 0.15) is 32.0 Å². The number of rotatable bonds is 2. The second-order valence-electron chi connectivity index (χ2n) is 5.52. The quantitative estimate of drug-likeness (QED) is 0.902. The van der Waals surface area contributed by atoms with Gasteiger partial charge in [0.25, 0.3) is 0 Å². The Balaban J connectivity index is 2.33. The molecule has 0 fully saturated rings. The number of H-pyrrole nitrogens is 1. The predicted molar refractivity (Wildman–Crippen MR) is 79.7 cm³/mol. The Morgan fingerprint density at radius 2 is 1.89 bits per heavy atom. The summed E-state index contributed by atoms with van der Waals surface area (Å²) in [4.78, 5) is 7.58. The molecule has 0 aliphatic carbocycles. The van der Waals surface area contributed by atoms with E-state index in [9.17, 15) is 0 Å². The van der Waals surface area contributed by atoms with Crippen LogP contribution in [0, 0.1) is 11.3 Å². The largest absolute Gasteiger partial charge is 0.340 e. The van der Waals surface area contributed by atoms with Gasteiger partial charge in [0.1, 0.15) is 10.4 Å². The van der Waals surface area contributed by atoms with Crippen molar-refractivity contribution in [1.82, 2.24) is 9.97 Å². The predicted octanol–water partition coefficient (Wildman–Crippen LogP) is 4.20. The van der Waals surface area contributed by atoms with Gasteiger partial charge >= 0.3 is 0 Å². The van der Waals surface area contributed by atoms with Gasteiger partial charge in [-0.15, -0.1) is 0 Å². The fourth-order valence-electron chi connectivity index (χ4n) is 1.85. The Morgan fingerprint density at radius 1 is 1.26 bits per heavy atom. The summed E-state index contributed by atoms with van der Waals surface area (Å²) in [6.45, 7) is 6.57. The third-order valence-electron chi connectivity index (χ3n) is 3.01. The van der Waals surface area contributed by atoms with E-state index in [1.165, 1.54) is 5.56 Å². The topological polar surface area (TPSA) is 52.5 Å². The van der Waals surface area contributed by atoms with E-state index in [0.717, 1.165) is 17.1 Å². The number of nitrogens with one attached hydrogen (secondary N) is 1. The molecule has 0 saturated heterocycles. The lowest BCUT2D eigenvalue weighted by atomic mass is 9.87. The number of hydrogen-bond acceptors (Lipinski definition) is 2. The Morgan fingerprint density at radius 3 is 2.42 bits per heavy atom. The second-order valence-corrected chi connectivity index (χ2v) is 6.27. The molecule has 0 radical (unpaired) electrons. The first-order valence-corrected chi connectivity index (χ1v) is 6.93. The molecule has 1 heterocycles. The lowest BCUT2D eigenvalue weighted by Crippen LogP contribution is -2.10. The number of hydrogen-bond donors (Lipinski definition) is 1. The van der Waals surface area contributed by atoms with Crippen LogP contribution in [0.2, 0.25) is 0 Å². The second kappa shape index (κ2) is 5.18. The first-order valence-electron chi connectivity index (χ1n) is 6.14. The van der Waals surface area contributed by atoms with Crippen LogP contribution in [0.15, 0.2) is 28.9 Å². The van der Waals surface area contributed by atoms with E-state index in [-0.39, 0.29) is 5.41 Å². The van der Waals surface area contributed by atoms with Crippen molar-refractivity contribution < 1.29 is 0 Å². The van der Waals surface area contributed by atoms with E-state index in [1.807, 2.05) is 0 Å². The fourth-order valence-corrected chi connectivity index (χ4v) is 2.27. The number of nitriles is 1. The van der Waals surface area contributed by atoms with Crippen molar-refractivity contribution in [2.45, 2.75) is 32.6 Å². The summed E-state index contributed by atoms with van der Waals surface area (Å²) in [6, 6.07) is 10.5. The van der Waals surface area contributed by atoms with Crippen molar-refractivity contribution in [2.75, 3.05) is 0 Å². The van der Waals surface area contributed by atoms with Gasteiger partial charge < -0.3 is 4.98 Å². The maximum atomic E-state index is 8.73. The molecular weight excluding hydrogens is 302 g/mol. The summed E-state index contributed by atoms with van der Waals surface area (Å²) in [5.41, 5.74) is 3.28. The van der Waals surface area contributed by atoms with Crippen LogP contribution >= 0.6 is 15.9 Å². The molecule has 98 valence electrons. The van der Waals surface area contributed by atoms with E-state index in [4.69, 9.17) is 5.26 Å². The van der Waals surface area contributed by atoms with Gasteiger partial charge in [0.2, 0.25) is 0 Å². The summed E-state index contributed by atoms with van der Waals surface area (Å²) in [6.07, 6.45) is 0.327. The molecule has 4 heteroatoms. The van der Waals surface area contributed by atoms with Gasteiger partial charge in [0, 0.05) is 5.56 Å². The van der Waals surface area contributed by atoms with Crippen LogP contribution in [0.3, 0.4) is 0 Å². The highest BCUT2D eigenvalue weighted by Gasteiger charge is 2.14. The van der Waals surface area contributed by atoms with Gasteiger partial charge in [0.05, 0.1) is 18.2 Å². The van der Waals surface area contributed by atoms with Crippen molar-refractivity contribution >= 4 is 15.9 Å². The lowest BCUT2D eigenvalue weighted by molar-refractivity contribution is 0.590. The molecule has 0 amide bonds. The summed E-state index contributed by atoms with van der Waals surface area (Å²) in [5.74, 6) is 0.789. The molecule has 2 rings (SSSR count). The monoisotopic (exact) mass is 317 g/mol. The van der Waals surface area contributed by atoms with E-state index in [1.54, 1.807) is 0 Å². The summed E-state index contributed by atoms with van der Waals surface area (Å²) < 4.78 is 0.712. The molecule has 0 atom stereocenters. The highest BCUT2D eigenvalue weighted by atomic mass is 79.9. The molecule has 2 aromatic rings. The molecule has 1 aromatic heterocycles. The van der Waals surface area contributed by atoms with Crippen LogP contribution in [0.25, 0.3) is 11.4 Å². The zero-order valence-electron chi connectivity index (χ0n) is 11.3. The van der Waals surface area contributed by atoms with Crippen molar-refractivity contribution in [3.8, 4) is 17.5 Å². The minimum absolute atomic E-state index is 0.147. The molecule has 3 nitrogen and oxygen atoms in total. The zero-order valence-corrected chi connectivity index (χ0v) is 12.9. The molecule has 0 bridgehead atoms. The normalized spacial score (nSPS) is 11.3. The molecule has 1 aromatic carbocycles. The molecule has 0 aliphatic rings. The van der Waals surface area contributed by atoms with E-state index in [0.29, 0.717) is 11.0 Å². The third-order valence-corrected chi connectivity index (χ3v) is 3.66. The number of aromatic nitrogens is 2. The zero-order chi connectivity index (χ0) is 14.0. The molecular formula is C15H16BrN3. The van der Waals surface area contributed by atoms with Crippen molar-refractivity contribution in [1.29, 1.82) is 5.26 Å². The van der Waals surface area contributed by atoms with Gasteiger partial charge in [0.15, 0.2) is 0 Å². The van der Waals surface area contributed by atoms with E-state index < -0.39 is 0 Å². The SMILES string of the molecule is CC(C)(C)c1ccc(-c2nc(Br)c(CC#N)[nH]2)cc1. The number of benzene rings is 1. The van der Waals surface area contributed by atoms with Crippen LogP contribution in [0.4, 0.5) is 0 Å². The number of halogens is 1. The van der Waals surface area contributed by atoms with Crippen LogP contribution in [-0.4, -0.2) is 9.97 Å². The van der Waals surface area contributed by atoms with Gasteiger partial charge in [-0.3, -0.25) is 0 Å². The summed E-state index contributed by atoms with van der Waals surface area (Å²) >= 11 is 3.37. The minimum atomic E-state index is 0.147. The molecule has 0 unspecified atom stereocenters. The maximum Gasteiger partial charge on any atom is 0.138 e. The smallest absolute Gasteiger partial charge is 0.138 e.